The summed E-state index contributed by atoms with van der Waals surface area (Å²) in [7, 11) is 3.15. The van der Waals surface area contributed by atoms with Gasteiger partial charge in [-0.1, -0.05) is 12.1 Å². The number of hydrogen-bond donors (Lipinski definition) is 4. The lowest BCUT2D eigenvalue weighted by atomic mass is 10.00. The van der Waals surface area contributed by atoms with Crippen LogP contribution in [0, 0.1) is 5.82 Å². The number of ketones is 1. The largest absolute Gasteiger partial charge is 0.507 e. The van der Waals surface area contributed by atoms with Crippen molar-refractivity contribution in [2.45, 2.75) is 12.5 Å². The van der Waals surface area contributed by atoms with E-state index in [4.69, 9.17) is 10.5 Å². The molecule has 39 heavy (non-hydrogen) atoms. The fourth-order valence-electron chi connectivity index (χ4n) is 4.20. The van der Waals surface area contributed by atoms with Crippen molar-refractivity contribution in [3.8, 4) is 11.5 Å². The molecule has 1 aliphatic rings. The van der Waals surface area contributed by atoms with Gasteiger partial charge < -0.3 is 26.2 Å². The Labute approximate surface area is 223 Å². The SMILES string of the molecule is COc1ccc(O)c(C(=O)c2ccc(C(N)=O)cc2)c1F.Cn1ncc2cc(C(=O)N[C@H]3CCNC3)ccc21. The molecule has 0 spiro atoms. The van der Waals surface area contributed by atoms with E-state index >= 15 is 0 Å². The number of methoxy groups -OCH3 is 1. The lowest BCUT2D eigenvalue weighted by molar-refractivity contribution is 0.0938. The quantitative estimate of drug-likeness (QED) is 0.278. The van der Waals surface area contributed by atoms with Crippen LogP contribution in [0.15, 0.2) is 60.8 Å². The molecule has 0 aliphatic carbocycles. The van der Waals surface area contributed by atoms with E-state index in [9.17, 15) is 23.9 Å². The van der Waals surface area contributed by atoms with Gasteiger partial charge in [0.2, 0.25) is 5.91 Å². The number of hydrogen-bond acceptors (Lipinski definition) is 7. The third-order valence-corrected chi connectivity index (χ3v) is 6.37. The molecule has 3 aromatic carbocycles. The van der Waals surface area contributed by atoms with Gasteiger partial charge in [-0.15, -0.1) is 0 Å². The predicted molar refractivity (Wildman–Crippen MR) is 142 cm³/mol. The number of rotatable bonds is 6. The topological polar surface area (TPSA) is 149 Å². The van der Waals surface area contributed by atoms with Gasteiger partial charge in [-0.05, 0) is 55.4 Å². The number of benzene rings is 3. The lowest BCUT2D eigenvalue weighted by Crippen LogP contribution is -2.36. The molecule has 202 valence electrons. The normalized spacial score (nSPS) is 14.4. The Morgan fingerprint density at radius 2 is 1.79 bits per heavy atom. The maximum absolute atomic E-state index is 14.1. The van der Waals surface area contributed by atoms with Crippen LogP contribution in [-0.4, -0.2) is 58.7 Å². The first-order valence-corrected chi connectivity index (χ1v) is 12.1. The number of nitrogens with zero attached hydrogens (tertiary/aromatic N) is 2. The summed E-state index contributed by atoms with van der Waals surface area (Å²) in [5.41, 5.74) is 6.68. The van der Waals surface area contributed by atoms with Crippen LogP contribution < -0.4 is 21.1 Å². The molecule has 0 unspecified atom stereocenters. The zero-order valence-corrected chi connectivity index (χ0v) is 21.4. The van der Waals surface area contributed by atoms with E-state index in [1.54, 1.807) is 10.9 Å². The number of aromatic hydroxyl groups is 1. The molecule has 5 N–H and O–H groups in total. The predicted octanol–water partition coefficient (Wildman–Crippen LogP) is 2.53. The van der Waals surface area contributed by atoms with Gasteiger partial charge in [0.15, 0.2) is 17.3 Å². The van der Waals surface area contributed by atoms with Crippen molar-refractivity contribution in [3.63, 3.8) is 0 Å². The van der Waals surface area contributed by atoms with E-state index in [1.807, 2.05) is 25.2 Å². The number of ether oxygens (including phenoxy) is 1. The molecule has 1 atom stereocenters. The van der Waals surface area contributed by atoms with Gasteiger partial charge >= 0.3 is 0 Å². The summed E-state index contributed by atoms with van der Waals surface area (Å²) in [5.74, 6) is -2.94. The van der Waals surface area contributed by atoms with E-state index in [-0.39, 0.29) is 28.8 Å². The van der Waals surface area contributed by atoms with Crippen LogP contribution in [0.3, 0.4) is 0 Å². The number of aromatic nitrogens is 2. The number of phenolic OH excluding ortho intramolecular Hbond substituents is 1. The molecule has 1 fully saturated rings. The Bertz CT molecular complexity index is 1530. The number of amides is 2. The maximum atomic E-state index is 14.1. The molecular formula is C28H28FN5O5. The van der Waals surface area contributed by atoms with Gasteiger partial charge in [-0.25, -0.2) is 4.39 Å². The summed E-state index contributed by atoms with van der Waals surface area (Å²) in [6, 6.07) is 13.7. The van der Waals surface area contributed by atoms with E-state index < -0.39 is 28.8 Å². The van der Waals surface area contributed by atoms with Crippen LogP contribution in [0.25, 0.3) is 10.9 Å². The smallest absolute Gasteiger partial charge is 0.251 e. The molecular weight excluding hydrogens is 505 g/mol. The molecule has 10 nitrogen and oxygen atoms in total. The average molecular weight is 534 g/mol. The zero-order valence-electron chi connectivity index (χ0n) is 21.4. The first kappa shape index (κ1) is 27.3. The van der Waals surface area contributed by atoms with E-state index in [0.717, 1.165) is 30.4 Å². The highest BCUT2D eigenvalue weighted by Gasteiger charge is 2.22. The molecule has 2 heterocycles. The number of nitrogens with two attached hydrogens (primary N) is 1. The molecule has 1 aromatic heterocycles. The number of carbonyl (C=O) groups is 3. The van der Waals surface area contributed by atoms with Crippen molar-refractivity contribution >= 4 is 28.5 Å². The van der Waals surface area contributed by atoms with E-state index in [0.29, 0.717) is 5.56 Å². The number of nitrogens with one attached hydrogen (secondary N) is 2. The summed E-state index contributed by atoms with van der Waals surface area (Å²) in [6.07, 6.45) is 2.78. The third kappa shape index (κ3) is 6.04. The maximum Gasteiger partial charge on any atom is 0.251 e. The Kier molecular flexibility index (Phi) is 8.21. The number of fused-ring (bicyclic) bond motifs is 1. The van der Waals surface area contributed by atoms with Crippen LogP contribution in [0.4, 0.5) is 4.39 Å². The molecule has 0 radical (unpaired) electrons. The fraction of sp³-hybridized carbons (Fsp3) is 0.214. The number of carbonyl (C=O) groups excluding carboxylic acids is 3. The standard InChI is InChI=1S/C15H12FNO4.C13H16N4O/c1-21-11-7-6-10(18)12(13(11)16)14(19)8-2-4-9(5-3-8)15(17)20;1-17-12-3-2-9(6-10(12)7-15-17)13(18)16-11-4-5-14-8-11/h2-7,18H,1H3,(H2,17,20);2-3,6-7,11,14H,4-5,8H2,1H3,(H,16,18)/t;11-/m.0/s1. The van der Waals surface area contributed by atoms with Crippen LogP contribution in [0.2, 0.25) is 0 Å². The fourth-order valence-corrected chi connectivity index (χ4v) is 4.20. The van der Waals surface area contributed by atoms with Crippen LogP contribution in [0.1, 0.15) is 43.1 Å². The van der Waals surface area contributed by atoms with Crippen LogP contribution in [-0.2, 0) is 7.05 Å². The van der Waals surface area contributed by atoms with Gasteiger partial charge in [0, 0.05) is 41.7 Å². The Balaban J connectivity index is 0.000000183. The molecule has 0 saturated carbocycles. The molecule has 4 aromatic rings. The Morgan fingerprint density at radius 3 is 2.44 bits per heavy atom. The van der Waals surface area contributed by atoms with Gasteiger partial charge in [0.1, 0.15) is 11.3 Å². The molecule has 5 rings (SSSR count). The summed E-state index contributed by atoms with van der Waals surface area (Å²) in [5, 5.41) is 21.1. The van der Waals surface area contributed by atoms with Gasteiger partial charge in [-0.2, -0.15) is 5.10 Å². The number of halogens is 1. The number of aryl methyl sites for hydroxylation is 1. The summed E-state index contributed by atoms with van der Waals surface area (Å²) < 4.78 is 20.7. The highest BCUT2D eigenvalue weighted by molar-refractivity contribution is 6.11. The van der Waals surface area contributed by atoms with Crippen molar-refractivity contribution in [1.29, 1.82) is 0 Å². The summed E-state index contributed by atoms with van der Waals surface area (Å²) >= 11 is 0. The van der Waals surface area contributed by atoms with E-state index in [2.05, 4.69) is 15.7 Å². The van der Waals surface area contributed by atoms with Crippen molar-refractivity contribution < 1.29 is 28.6 Å². The molecule has 1 saturated heterocycles. The van der Waals surface area contributed by atoms with Crippen LogP contribution in [0.5, 0.6) is 11.5 Å². The minimum atomic E-state index is -0.943. The third-order valence-electron chi connectivity index (χ3n) is 6.37. The van der Waals surface area contributed by atoms with Gasteiger partial charge in [-0.3, -0.25) is 19.1 Å². The second-order valence-corrected chi connectivity index (χ2v) is 8.95. The van der Waals surface area contributed by atoms with Crippen molar-refractivity contribution in [3.05, 3.63) is 88.9 Å². The summed E-state index contributed by atoms with van der Waals surface area (Å²) in [4.78, 5) is 35.3. The minimum Gasteiger partial charge on any atom is -0.507 e. The minimum absolute atomic E-state index is 0.00514. The van der Waals surface area contributed by atoms with Crippen molar-refractivity contribution in [2.24, 2.45) is 12.8 Å². The summed E-state index contributed by atoms with van der Waals surface area (Å²) in [6.45, 7) is 1.84. The lowest BCUT2D eigenvalue weighted by Gasteiger charge is -2.11. The first-order valence-electron chi connectivity index (χ1n) is 12.1. The average Bonchev–Trinajstić information content (AvgIpc) is 3.58. The number of primary amides is 1. The molecule has 2 amide bonds. The monoisotopic (exact) mass is 533 g/mol. The molecule has 0 bridgehead atoms. The highest BCUT2D eigenvalue weighted by Crippen LogP contribution is 2.30. The van der Waals surface area contributed by atoms with Crippen LogP contribution >= 0.6 is 0 Å². The molecule has 1 aliphatic heterocycles. The second kappa shape index (κ2) is 11.7. The Hall–Kier alpha value is -4.77. The second-order valence-electron chi connectivity index (χ2n) is 8.95. The molecule has 11 heteroatoms. The highest BCUT2D eigenvalue weighted by atomic mass is 19.1. The van der Waals surface area contributed by atoms with E-state index in [1.165, 1.54) is 43.5 Å². The Morgan fingerprint density at radius 1 is 1.10 bits per heavy atom. The first-order chi connectivity index (χ1) is 18.7. The zero-order chi connectivity index (χ0) is 28.1. The van der Waals surface area contributed by atoms with Crippen molar-refractivity contribution in [1.82, 2.24) is 20.4 Å². The van der Waals surface area contributed by atoms with Crippen molar-refractivity contribution in [2.75, 3.05) is 20.2 Å². The number of phenols is 1. The van der Waals surface area contributed by atoms with Gasteiger partial charge in [0.25, 0.3) is 5.91 Å². The van der Waals surface area contributed by atoms with Gasteiger partial charge in [0.05, 0.1) is 18.8 Å².